The van der Waals surface area contributed by atoms with Crippen molar-refractivity contribution in [3.8, 4) is 5.75 Å². The van der Waals surface area contributed by atoms with Crippen LogP contribution in [0.25, 0.3) is 0 Å². The molecule has 0 heterocycles. The highest BCUT2D eigenvalue weighted by Crippen LogP contribution is 2.37. The fourth-order valence-electron chi connectivity index (χ4n) is 1.13. The zero-order chi connectivity index (χ0) is 11.5. The predicted molar refractivity (Wildman–Crippen MR) is 56.4 cm³/mol. The van der Waals surface area contributed by atoms with Crippen LogP contribution in [-0.2, 0) is 0 Å². The quantitative estimate of drug-likeness (QED) is 0.859. The van der Waals surface area contributed by atoms with Crippen molar-refractivity contribution in [1.29, 1.82) is 0 Å². The molecule has 15 heavy (non-hydrogen) atoms. The van der Waals surface area contributed by atoms with Crippen molar-refractivity contribution < 1.29 is 18.6 Å². The van der Waals surface area contributed by atoms with Gasteiger partial charge in [-0.05, 0) is 40.5 Å². The van der Waals surface area contributed by atoms with Gasteiger partial charge in [0.1, 0.15) is 5.75 Å². The lowest BCUT2D eigenvalue weighted by Gasteiger charge is -2.17. The molecule has 2 nitrogen and oxygen atoms in total. The van der Waals surface area contributed by atoms with Crippen molar-refractivity contribution in [2.75, 3.05) is 6.61 Å². The van der Waals surface area contributed by atoms with Crippen LogP contribution in [0.15, 0.2) is 24.3 Å². The molecular formula is C10H11BrF2O2. The molecule has 0 saturated carbocycles. The van der Waals surface area contributed by atoms with Crippen LogP contribution >= 0.6 is 15.9 Å². The third-order valence-electron chi connectivity index (χ3n) is 1.79. The van der Waals surface area contributed by atoms with Gasteiger partial charge in [-0.2, -0.15) is 8.78 Å². The van der Waals surface area contributed by atoms with E-state index < -0.39 is 10.9 Å². The molecule has 0 aliphatic carbocycles. The number of benzene rings is 1. The lowest BCUT2D eigenvalue weighted by Crippen LogP contribution is -2.18. The van der Waals surface area contributed by atoms with Crippen LogP contribution in [0, 0.1) is 0 Å². The van der Waals surface area contributed by atoms with Crippen molar-refractivity contribution in [1.82, 2.24) is 0 Å². The summed E-state index contributed by atoms with van der Waals surface area (Å²) in [6.45, 7) is 2.24. The van der Waals surface area contributed by atoms with Crippen molar-refractivity contribution in [3.05, 3.63) is 29.8 Å². The Morgan fingerprint density at radius 2 is 2.20 bits per heavy atom. The molecule has 0 radical (unpaired) electrons. The average molecular weight is 281 g/mol. The van der Waals surface area contributed by atoms with E-state index in [1.165, 1.54) is 12.1 Å². The second-order valence-corrected chi connectivity index (χ2v) is 4.01. The number of hydrogen-bond donors (Lipinski definition) is 1. The van der Waals surface area contributed by atoms with E-state index in [9.17, 15) is 13.9 Å². The first-order valence-corrected chi connectivity index (χ1v) is 5.22. The van der Waals surface area contributed by atoms with Gasteiger partial charge in [0.15, 0.2) is 6.10 Å². The smallest absolute Gasteiger partial charge is 0.330 e. The first-order valence-electron chi connectivity index (χ1n) is 4.42. The summed E-state index contributed by atoms with van der Waals surface area (Å²) in [6.07, 6.45) is -1.88. The van der Waals surface area contributed by atoms with E-state index in [0.29, 0.717) is 12.4 Å². The SMILES string of the molecule is CCOc1cccc(C(O)C(F)(F)Br)c1. The Balaban J connectivity index is 2.90. The maximum absolute atomic E-state index is 12.7. The minimum atomic E-state index is -3.34. The van der Waals surface area contributed by atoms with Gasteiger partial charge in [0.2, 0.25) is 0 Å². The Kier molecular flexibility index (Phi) is 4.04. The molecule has 0 fully saturated rings. The maximum atomic E-state index is 12.7. The molecule has 5 heteroatoms. The molecule has 0 saturated heterocycles. The van der Waals surface area contributed by atoms with E-state index in [1.54, 1.807) is 19.1 Å². The largest absolute Gasteiger partial charge is 0.494 e. The number of alkyl halides is 3. The Labute approximate surface area is 95.0 Å². The molecule has 1 atom stereocenters. The lowest BCUT2D eigenvalue weighted by molar-refractivity contribution is -0.0295. The minimum absolute atomic E-state index is 0.114. The number of aliphatic hydroxyl groups is 1. The average Bonchev–Trinajstić information content (AvgIpc) is 2.16. The van der Waals surface area contributed by atoms with Crippen LogP contribution in [0.1, 0.15) is 18.6 Å². The molecule has 0 bridgehead atoms. The number of aliphatic hydroxyl groups excluding tert-OH is 1. The summed E-state index contributed by atoms with van der Waals surface area (Å²) in [5.74, 6) is 0.464. The van der Waals surface area contributed by atoms with Gasteiger partial charge in [-0.3, -0.25) is 0 Å². The molecule has 0 aliphatic rings. The number of ether oxygens (including phenoxy) is 1. The summed E-state index contributed by atoms with van der Waals surface area (Å²) in [7, 11) is 0. The summed E-state index contributed by atoms with van der Waals surface area (Å²) in [4.78, 5) is -3.34. The van der Waals surface area contributed by atoms with Gasteiger partial charge in [-0.15, -0.1) is 0 Å². The zero-order valence-electron chi connectivity index (χ0n) is 8.08. The highest BCUT2D eigenvalue weighted by molar-refractivity contribution is 9.10. The van der Waals surface area contributed by atoms with Crippen molar-refractivity contribution in [2.24, 2.45) is 0 Å². The molecule has 1 unspecified atom stereocenters. The Morgan fingerprint density at radius 3 is 2.73 bits per heavy atom. The standard InChI is InChI=1S/C10H11BrF2O2/c1-2-15-8-5-3-4-7(6-8)9(14)10(11,12)13/h3-6,9,14H,2H2,1H3. The van der Waals surface area contributed by atoms with Crippen LogP contribution in [0.3, 0.4) is 0 Å². The molecule has 0 aromatic heterocycles. The molecule has 1 aromatic carbocycles. The van der Waals surface area contributed by atoms with Gasteiger partial charge in [0, 0.05) is 0 Å². The summed E-state index contributed by atoms with van der Waals surface area (Å²) in [6, 6.07) is 6.01. The van der Waals surface area contributed by atoms with Crippen molar-refractivity contribution in [3.63, 3.8) is 0 Å². The van der Waals surface area contributed by atoms with Crippen LogP contribution in [0.4, 0.5) is 8.78 Å². The van der Waals surface area contributed by atoms with Crippen LogP contribution in [-0.4, -0.2) is 16.5 Å². The number of halogens is 3. The van der Waals surface area contributed by atoms with E-state index in [4.69, 9.17) is 4.74 Å². The van der Waals surface area contributed by atoms with Gasteiger partial charge in [0.05, 0.1) is 6.61 Å². The van der Waals surface area contributed by atoms with Gasteiger partial charge < -0.3 is 9.84 Å². The summed E-state index contributed by atoms with van der Waals surface area (Å²) in [5, 5.41) is 9.30. The number of hydrogen-bond acceptors (Lipinski definition) is 2. The van der Waals surface area contributed by atoms with Gasteiger partial charge in [-0.25, -0.2) is 0 Å². The van der Waals surface area contributed by atoms with Crippen LogP contribution in [0.2, 0.25) is 0 Å². The monoisotopic (exact) mass is 280 g/mol. The first-order chi connectivity index (χ1) is 6.95. The first kappa shape index (κ1) is 12.4. The fourth-order valence-corrected chi connectivity index (χ4v) is 1.39. The second-order valence-electron chi connectivity index (χ2n) is 2.95. The Bertz CT molecular complexity index is 325. The third kappa shape index (κ3) is 3.43. The number of rotatable bonds is 4. The highest BCUT2D eigenvalue weighted by atomic mass is 79.9. The van der Waals surface area contributed by atoms with Gasteiger partial charge >= 0.3 is 4.83 Å². The van der Waals surface area contributed by atoms with E-state index in [0.717, 1.165) is 0 Å². The van der Waals surface area contributed by atoms with E-state index in [1.807, 2.05) is 0 Å². The van der Waals surface area contributed by atoms with Crippen LogP contribution < -0.4 is 4.74 Å². The molecule has 84 valence electrons. The maximum Gasteiger partial charge on any atom is 0.330 e. The lowest BCUT2D eigenvalue weighted by atomic mass is 10.1. The van der Waals surface area contributed by atoms with Crippen molar-refractivity contribution >= 4 is 15.9 Å². The van der Waals surface area contributed by atoms with E-state index >= 15 is 0 Å². The minimum Gasteiger partial charge on any atom is -0.494 e. The second kappa shape index (κ2) is 4.90. The molecule has 1 rings (SSSR count). The predicted octanol–water partition coefficient (Wildman–Crippen LogP) is 3.11. The highest BCUT2D eigenvalue weighted by Gasteiger charge is 2.36. The topological polar surface area (TPSA) is 29.5 Å². The molecular weight excluding hydrogens is 270 g/mol. The summed E-state index contributed by atoms with van der Waals surface area (Å²) in [5.41, 5.74) is 0.114. The van der Waals surface area contributed by atoms with E-state index in [-0.39, 0.29) is 5.56 Å². The summed E-state index contributed by atoms with van der Waals surface area (Å²) < 4.78 is 30.6. The molecule has 0 amide bonds. The Morgan fingerprint density at radius 1 is 1.53 bits per heavy atom. The Hall–Kier alpha value is -0.680. The molecule has 1 aromatic rings. The fraction of sp³-hybridized carbons (Fsp3) is 0.400. The normalized spacial score (nSPS) is 13.7. The third-order valence-corrected chi connectivity index (χ3v) is 2.23. The van der Waals surface area contributed by atoms with E-state index in [2.05, 4.69) is 15.9 Å². The molecule has 1 N–H and O–H groups in total. The van der Waals surface area contributed by atoms with Gasteiger partial charge in [-0.1, -0.05) is 12.1 Å². The van der Waals surface area contributed by atoms with Gasteiger partial charge in [0.25, 0.3) is 0 Å². The zero-order valence-corrected chi connectivity index (χ0v) is 9.67. The summed E-state index contributed by atoms with van der Waals surface area (Å²) >= 11 is 2.12. The molecule has 0 spiro atoms. The van der Waals surface area contributed by atoms with Crippen molar-refractivity contribution in [2.45, 2.75) is 17.9 Å². The van der Waals surface area contributed by atoms with Crippen LogP contribution in [0.5, 0.6) is 5.75 Å². The molecule has 0 aliphatic heterocycles.